The van der Waals surface area contributed by atoms with Crippen LogP contribution in [0.2, 0.25) is 0 Å². The highest BCUT2D eigenvalue weighted by Gasteiger charge is 2.14. The lowest BCUT2D eigenvalue weighted by molar-refractivity contribution is -0.142. The predicted octanol–water partition coefficient (Wildman–Crippen LogP) is 1.45. The van der Waals surface area contributed by atoms with E-state index in [1.165, 1.54) is 7.11 Å². The Hall–Kier alpha value is -2.08. The van der Waals surface area contributed by atoms with Crippen molar-refractivity contribution in [1.29, 1.82) is 0 Å². The van der Waals surface area contributed by atoms with Gasteiger partial charge in [-0.2, -0.15) is 0 Å². The molecule has 0 aliphatic heterocycles. The first kappa shape index (κ1) is 17.0. The molecule has 0 fully saturated rings. The van der Waals surface area contributed by atoms with Gasteiger partial charge in [0.1, 0.15) is 12.6 Å². The maximum atomic E-state index is 11.6. The van der Waals surface area contributed by atoms with Crippen molar-refractivity contribution in [3.05, 3.63) is 35.9 Å². The van der Waals surface area contributed by atoms with Crippen LogP contribution in [0.25, 0.3) is 0 Å². The predicted molar refractivity (Wildman–Crippen MR) is 78.7 cm³/mol. The molecule has 0 bridgehead atoms. The van der Waals surface area contributed by atoms with E-state index in [9.17, 15) is 9.59 Å². The number of ether oxygens (including phenoxy) is 2. The van der Waals surface area contributed by atoms with Gasteiger partial charge in [0, 0.05) is 12.6 Å². The van der Waals surface area contributed by atoms with E-state index in [0.717, 1.165) is 5.56 Å². The van der Waals surface area contributed by atoms with E-state index < -0.39 is 12.1 Å². The van der Waals surface area contributed by atoms with Crippen LogP contribution in [0.4, 0.5) is 4.79 Å². The van der Waals surface area contributed by atoms with Gasteiger partial charge < -0.3 is 20.1 Å². The first-order valence-electron chi connectivity index (χ1n) is 6.81. The SMILES string of the molecule is COC(=O)C(C)NC[C@@H](C)NC(=O)OCc1ccccc1. The Morgan fingerprint density at radius 3 is 2.48 bits per heavy atom. The zero-order chi connectivity index (χ0) is 15.7. The summed E-state index contributed by atoms with van der Waals surface area (Å²) in [7, 11) is 1.34. The van der Waals surface area contributed by atoms with E-state index in [2.05, 4.69) is 15.4 Å². The molecule has 0 heterocycles. The van der Waals surface area contributed by atoms with Crippen LogP contribution in [0.15, 0.2) is 30.3 Å². The maximum Gasteiger partial charge on any atom is 0.407 e. The first-order chi connectivity index (χ1) is 10.0. The van der Waals surface area contributed by atoms with Crippen molar-refractivity contribution in [2.45, 2.75) is 32.5 Å². The van der Waals surface area contributed by atoms with Crippen molar-refractivity contribution in [3.8, 4) is 0 Å². The van der Waals surface area contributed by atoms with E-state index in [-0.39, 0.29) is 18.6 Å². The van der Waals surface area contributed by atoms with Gasteiger partial charge in [-0.25, -0.2) is 4.79 Å². The Morgan fingerprint density at radius 1 is 1.19 bits per heavy atom. The number of rotatable bonds is 7. The number of carbonyl (C=O) groups is 2. The molecule has 0 saturated heterocycles. The molecule has 0 spiro atoms. The summed E-state index contributed by atoms with van der Waals surface area (Å²) in [5.41, 5.74) is 0.928. The third kappa shape index (κ3) is 6.76. The zero-order valence-corrected chi connectivity index (χ0v) is 12.6. The lowest BCUT2D eigenvalue weighted by Gasteiger charge is -2.17. The number of carbonyl (C=O) groups excluding carboxylic acids is 2. The molecule has 0 aliphatic carbocycles. The number of methoxy groups -OCH3 is 1. The average molecular weight is 294 g/mol. The molecule has 6 heteroatoms. The topological polar surface area (TPSA) is 76.7 Å². The summed E-state index contributed by atoms with van der Waals surface area (Å²) >= 11 is 0. The molecule has 1 rings (SSSR count). The van der Waals surface area contributed by atoms with Gasteiger partial charge >= 0.3 is 12.1 Å². The van der Waals surface area contributed by atoms with Crippen LogP contribution in [-0.2, 0) is 20.9 Å². The van der Waals surface area contributed by atoms with Gasteiger partial charge in [0.2, 0.25) is 0 Å². The van der Waals surface area contributed by atoms with E-state index in [0.29, 0.717) is 6.54 Å². The fourth-order valence-corrected chi connectivity index (χ4v) is 1.63. The van der Waals surface area contributed by atoms with Gasteiger partial charge in [-0.15, -0.1) is 0 Å². The lowest BCUT2D eigenvalue weighted by Crippen LogP contribution is -2.45. The molecule has 21 heavy (non-hydrogen) atoms. The third-order valence-electron chi connectivity index (χ3n) is 2.86. The van der Waals surface area contributed by atoms with Gasteiger partial charge in [-0.1, -0.05) is 30.3 Å². The number of nitrogens with one attached hydrogen (secondary N) is 2. The lowest BCUT2D eigenvalue weighted by atomic mass is 10.2. The normalized spacial score (nSPS) is 13.1. The van der Waals surface area contributed by atoms with Gasteiger partial charge in [-0.05, 0) is 19.4 Å². The largest absolute Gasteiger partial charge is 0.468 e. The van der Waals surface area contributed by atoms with Crippen LogP contribution >= 0.6 is 0 Å². The van der Waals surface area contributed by atoms with Gasteiger partial charge in [0.05, 0.1) is 7.11 Å². The quantitative estimate of drug-likeness (QED) is 0.744. The molecule has 1 aromatic carbocycles. The number of benzene rings is 1. The van der Waals surface area contributed by atoms with Crippen molar-refractivity contribution in [3.63, 3.8) is 0 Å². The van der Waals surface area contributed by atoms with Crippen LogP contribution in [-0.4, -0.2) is 37.8 Å². The molecule has 0 aliphatic rings. The summed E-state index contributed by atoms with van der Waals surface area (Å²) in [5, 5.41) is 5.65. The molecule has 116 valence electrons. The van der Waals surface area contributed by atoms with Crippen molar-refractivity contribution in [1.82, 2.24) is 10.6 Å². The minimum atomic E-state index is -0.487. The Kier molecular flexibility index (Phi) is 7.25. The molecule has 2 N–H and O–H groups in total. The van der Waals surface area contributed by atoms with Crippen molar-refractivity contribution in [2.75, 3.05) is 13.7 Å². The molecule has 1 amide bonds. The fourth-order valence-electron chi connectivity index (χ4n) is 1.63. The summed E-state index contributed by atoms with van der Waals surface area (Å²) < 4.78 is 9.70. The van der Waals surface area contributed by atoms with Crippen LogP contribution in [0.3, 0.4) is 0 Å². The van der Waals surface area contributed by atoms with E-state index >= 15 is 0 Å². The summed E-state index contributed by atoms with van der Waals surface area (Å²) in [6.45, 7) is 4.19. The van der Waals surface area contributed by atoms with E-state index in [4.69, 9.17) is 4.74 Å². The molecule has 1 unspecified atom stereocenters. The fraction of sp³-hybridized carbons (Fsp3) is 0.467. The second kappa shape index (κ2) is 8.97. The Labute approximate surface area is 124 Å². The van der Waals surface area contributed by atoms with Crippen LogP contribution in [0, 0.1) is 0 Å². The standard InChI is InChI=1S/C15H22N2O4/c1-11(9-16-12(2)14(18)20-3)17-15(19)21-10-13-7-5-4-6-8-13/h4-8,11-12,16H,9-10H2,1-3H3,(H,17,19)/t11-,12?/m1/s1. The number of amides is 1. The molecular weight excluding hydrogens is 272 g/mol. The van der Waals surface area contributed by atoms with Crippen LogP contribution in [0.5, 0.6) is 0 Å². The van der Waals surface area contributed by atoms with Gasteiger partial charge in [0.25, 0.3) is 0 Å². The highest BCUT2D eigenvalue weighted by atomic mass is 16.5. The summed E-state index contributed by atoms with van der Waals surface area (Å²) in [5.74, 6) is -0.339. The highest BCUT2D eigenvalue weighted by molar-refractivity contribution is 5.75. The van der Waals surface area contributed by atoms with Crippen molar-refractivity contribution < 1.29 is 19.1 Å². The van der Waals surface area contributed by atoms with E-state index in [1.54, 1.807) is 6.92 Å². The van der Waals surface area contributed by atoms with Gasteiger partial charge in [-0.3, -0.25) is 4.79 Å². The number of hydrogen-bond donors (Lipinski definition) is 2. The first-order valence-corrected chi connectivity index (χ1v) is 6.81. The molecule has 1 aromatic rings. The second-order valence-electron chi connectivity index (χ2n) is 4.76. The Bertz CT molecular complexity index is 450. The average Bonchev–Trinajstić information content (AvgIpc) is 2.50. The molecular formula is C15H22N2O4. The minimum Gasteiger partial charge on any atom is -0.468 e. The molecule has 0 saturated carbocycles. The number of hydrogen-bond acceptors (Lipinski definition) is 5. The smallest absolute Gasteiger partial charge is 0.407 e. The third-order valence-corrected chi connectivity index (χ3v) is 2.86. The molecule has 0 radical (unpaired) electrons. The second-order valence-corrected chi connectivity index (χ2v) is 4.76. The monoisotopic (exact) mass is 294 g/mol. The van der Waals surface area contributed by atoms with Crippen molar-refractivity contribution >= 4 is 12.1 Å². The number of esters is 1. The van der Waals surface area contributed by atoms with Gasteiger partial charge in [0.15, 0.2) is 0 Å². The Balaban J connectivity index is 2.23. The number of alkyl carbamates (subject to hydrolysis) is 1. The maximum absolute atomic E-state index is 11.6. The molecule has 6 nitrogen and oxygen atoms in total. The van der Waals surface area contributed by atoms with Crippen LogP contribution in [0.1, 0.15) is 19.4 Å². The zero-order valence-electron chi connectivity index (χ0n) is 12.6. The minimum absolute atomic E-state index is 0.166. The van der Waals surface area contributed by atoms with Crippen molar-refractivity contribution in [2.24, 2.45) is 0 Å². The molecule has 0 aromatic heterocycles. The summed E-state index contributed by atoms with van der Waals surface area (Å²) in [6.07, 6.45) is -0.487. The summed E-state index contributed by atoms with van der Waals surface area (Å²) in [6, 6.07) is 8.86. The highest BCUT2D eigenvalue weighted by Crippen LogP contribution is 2.00. The Morgan fingerprint density at radius 2 is 1.86 bits per heavy atom. The van der Waals surface area contributed by atoms with E-state index in [1.807, 2.05) is 37.3 Å². The van der Waals surface area contributed by atoms with Crippen LogP contribution < -0.4 is 10.6 Å². The molecule has 2 atom stereocenters. The summed E-state index contributed by atoms with van der Waals surface area (Å²) in [4.78, 5) is 22.8.